The molecule has 42 heavy (non-hydrogen) atoms. The summed E-state index contributed by atoms with van der Waals surface area (Å²) in [7, 11) is 0. The summed E-state index contributed by atoms with van der Waals surface area (Å²) in [5, 5.41) is 7.84. The molecule has 0 aliphatic carbocycles. The van der Waals surface area contributed by atoms with Gasteiger partial charge in [0.25, 0.3) is 0 Å². The molecule has 2 aromatic heterocycles. The van der Waals surface area contributed by atoms with Gasteiger partial charge in [0.15, 0.2) is 0 Å². The van der Waals surface area contributed by atoms with Crippen molar-refractivity contribution >= 4 is 69.8 Å². The quantitative estimate of drug-likeness (QED) is 0.277. The van der Waals surface area contributed by atoms with Crippen molar-refractivity contribution in [3.05, 3.63) is 87.2 Å². The number of benzene rings is 2. The van der Waals surface area contributed by atoms with Crippen molar-refractivity contribution in [1.29, 1.82) is 0 Å². The van der Waals surface area contributed by atoms with E-state index in [1.54, 1.807) is 36.8 Å². The number of carbonyl (C=O) groups is 3. The second kappa shape index (κ2) is 12.1. The van der Waals surface area contributed by atoms with Crippen LogP contribution in [0.15, 0.2) is 66.0 Å². The topological polar surface area (TPSA) is 78.8 Å². The fourth-order valence-corrected chi connectivity index (χ4v) is 7.67. The maximum absolute atomic E-state index is 13.9. The van der Waals surface area contributed by atoms with Gasteiger partial charge < -0.3 is 9.80 Å². The van der Waals surface area contributed by atoms with E-state index < -0.39 is 0 Å². The molecule has 1 atom stereocenters. The highest BCUT2D eigenvalue weighted by Crippen LogP contribution is 2.49. The lowest BCUT2D eigenvalue weighted by Gasteiger charge is -2.35. The van der Waals surface area contributed by atoms with E-state index in [0.29, 0.717) is 47.7 Å². The highest BCUT2D eigenvalue weighted by atomic mass is 35.5. The Kier molecular flexibility index (Phi) is 8.31. The number of thioether (sulfide) groups is 1. The van der Waals surface area contributed by atoms with E-state index in [2.05, 4.69) is 0 Å². The van der Waals surface area contributed by atoms with Gasteiger partial charge in [0.1, 0.15) is 18.1 Å². The van der Waals surface area contributed by atoms with Gasteiger partial charge in [-0.15, -0.1) is 23.1 Å². The first-order valence-electron chi connectivity index (χ1n) is 13.4. The lowest BCUT2D eigenvalue weighted by Crippen LogP contribution is -2.53. The van der Waals surface area contributed by atoms with E-state index in [0.717, 1.165) is 21.7 Å². The molecule has 0 spiro atoms. The van der Waals surface area contributed by atoms with Crippen LogP contribution in [0.1, 0.15) is 23.3 Å². The molecule has 2 aliphatic rings. The molecule has 216 valence electrons. The van der Waals surface area contributed by atoms with Crippen LogP contribution in [0.3, 0.4) is 0 Å². The Hall–Kier alpha value is -3.31. The lowest BCUT2D eigenvalue weighted by molar-refractivity contribution is -0.137. The van der Waals surface area contributed by atoms with Crippen LogP contribution < -0.4 is 4.90 Å². The van der Waals surface area contributed by atoms with Gasteiger partial charge >= 0.3 is 0 Å². The molecule has 0 radical (unpaired) electrons. The van der Waals surface area contributed by atoms with Crippen molar-refractivity contribution in [2.45, 2.75) is 12.2 Å². The lowest BCUT2D eigenvalue weighted by atomic mass is 10.0. The van der Waals surface area contributed by atoms with Crippen molar-refractivity contribution in [2.75, 3.05) is 43.4 Å². The van der Waals surface area contributed by atoms with Crippen LogP contribution in [0.5, 0.6) is 0 Å². The molecule has 0 unspecified atom stereocenters. The minimum atomic E-state index is -0.282. The number of halogens is 2. The number of hydrogen-bond donors (Lipinski definition) is 0. The fraction of sp³-hybridized carbons (Fsp3) is 0.267. The molecule has 1 fully saturated rings. The predicted octanol–water partition coefficient (Wildman–Crippen LogP) is 5.77. The van der Waals surface area contributed by atoms with Crippen molar-refractivity contribution in [3.8, 4) is 16.3 Å². The molecule has 8 nitrogen and oxygen atoms in total. The zero-order valence-electron chi connectivity index (χ0n) is 22.7. The first-order chi connectivity index (χ1) is 20.3. The number of fused-ring (bicyclic) bond motifs is 1. The monoisotopic (exact) mass is 639 g/mol. The number of anilines is 1. The molecular weight excluding hydrogens is 613 g/mol. The molecule has 12 heteroatoms. The number of carbonyl (C=O) groups excluding carboxylic acids is 3. The molecule has 0 bridgehead atoms. The van der Waals surface area contributed by atoms with Gasteiger partial charge in [-0.1, -0.05) is 53.5 Å². The van der Waals surface area contributed by atoms with E-state index >= 15 is 0 Å². The van der Waals surface area contributed by atoms with Gasteiger partial charge in [-0.05, 0) is 41.3 Å². The van der Waals surface area contributed by atoms with Crippen LogP contribution in [-0.2, 0) is 14.4 Å². The second-order valence-corrected chi connectivity index (χ2v) is 12.9. The number of piperazine rings is 1. The van der Waals surface area contributed by atoms with Crippen molar-refractivity contribution in [3.63, 3.8) is 0 Å². The number of aromatic nitrogens is 2. The predicted molar refractivity (Wildman–Crippen MR) is 169 cm³/mol. The Bertz CT molecular complexity index is 1650. The molecule has 4 aromatic rings. The van der Waals surface area contributed by atoms with Crippen LogP contribution >= 0.6 is 46.3 Å². The molecule has 2 aromatic carbocycles. The second-order valence-electron chi connectivity index (χ2n) is 10.0. The number of hydrogen-bond acceptors (Lipinski definition) is 6. The van der Waals surface area contributed by atoms with E-state index in [1.807, 2.05) is 60.0 Å². The zero-order valence-corrected chi connectivity index (χ0v) is 25.8. The van der Waals surface area contributed by atoms with Crippen molar-refractivity contribution in [1.82, 2.24) is 19.6 Å². The molecule has 3 amide bonds. The highest BCUT2D eigenvalue weighted by Gasteiger charge is 2.39. The Balaban J connectivity index is 1.51. The maximum atomic E-state index is 13.9. The smallest absolute Gasteiger partial charge is 0.242 e. The third-order valence-electron chi connectivity index (χ3n) is 7.45. The molecular formula is C30H27Cl2N5O3S2. The van der Waals surface area contributed by atoms with Crippen LogP contribution in [-0.4, -0.2) is 75.8 Å². The van der Waals surface area contributed by atoms with Gasteiger partial charge in [0, 0.05) is 43.7 Å². The minimum absolute atomic E-state index is 0.0109. The normalized spacial score (nSPS) is 17.3. The molecule has 1 saturated heterocycles. The first-order valence-corrected chi connectivity index (χ1v) is 16.1. The van der Waals surface area contributed by atoms with Gasteiger partial charge in [-0.3, -0.25) is 19.3 Å². The Morgan fingerprint density at radius 1 is 0.976 bits per heavy atom. The summed E-state index contributed by atoms with van der Waals surface area (Å²) in [6.07, 6.45) is 0. The largest absolute Gasteiger partial charge is 0.339 e. The summed E-state index contributed by atoms with van der Waals surface area (Å²) in [4.78, 5) is 45.4. The number of nitrogens with zero attached hydrogens (tertiary/aromatic N) is 5. The minimum Gasteiger partial charge on any atom is -0.339 e. The SMILES string of the molecule is CC(=O)N1CCN(C(=O)CN2C(=O)CS[C@H](c3cccc(Cl)c3)c3c(-c4cccs4)nn(-c4ccccc4Cl)c32)CC1. The van der Waals surface area contributed by atoms with Gasteiger partial charge in [-0.25, -0.2) is 4.68 Å². The fourth-order valence-electron chi connectivity index (χ4n) is 5.34. The van der Waals surface area contributed by atoms with Gasteiger partial charge in [0.05, 0.1) is 26.6 Å². The third kappa shape index (κ3) is 5.56. The summed E-state index contributed by atoms with van der Waals surface area (Å²) in [5.74, 6) is 0.273. The van der Waals surface area contributed by atoms with Crippen LogP contribution in [0, 0.1) is 0 Å². The van der Waals surface area contributed by atoms with E-state index in [4.69, 9.17) is 28.3 Å². The number of thiophene rings is 1. The Labute approximate surface area is 261 Å². The first kappa shape index (κ1) is 28.8. The van der Waals surface area contributed by atoms with E-state index in [-0.39, 0.29) is 35.3 Å². The van der Waals surface area contributed by atoms with Gasteiger partial charge in [0.2, 0.25) is 17.7 Å². The summed E-state index contributed by atoms with van der Waals surface area (Å²) in [5.41, 5.74) is 3.09. The molecule has 4 heterocycles. The maximum Gasteiger partial charge on any atom is 0.242 e. The highest BCUT2D eigenvalue weighted by molar-refractivity contribution is 8.00. The van der Waals surface area contributed by atoms with Crippen LogP contribution in [0.4, 0.5) is 5.82 Å². The van der Waals surface area contributed by atoms with Crippen LogP contribution in [0.2, 0.25) is 10.0 Å². The van der Waals surface area contributed by atoms with Gasteiger partial charge in [-0.2, -0.15) is 5.10 Å². The summed E-state index contributed by atoms with van der Waals surface area (Å²) in [6, 6.07) is 18.9. The number of amides is 3. The summed E-state index contributed by atoms with van der Waals surface area (Å²) in [6.45, 7) is 3.13. The standard InChI is InChI=1S/C30H27Cl2N5O3S2/c1-19(38)34-11-13-35(14-12-34)25(39)17-36-26(40)18-42-29(20-6-4-7-21(31)16-20)27-28(24-10-5-15-41-24)33-37(30(27)36)23-9-3-2-8-22(23)32/h2-10,15-16,29H,11-14,17-18H2,1H3/t29-/m1/s1. The molecule has 0 N–H and O–H groups in total. The molecule has 6 rings (SSSR count). The van der Waals surface area contributed by atoms with Crippen molar-refractivity contribution < 1.29 is 14.4 Å². The molecule has 2 aliphatic heterocycles. The number of para-hydroxylation sites is 1. The summed E-state index contributed by atoms with van der Waals surface area (Å²) >= 11 is 16.2. The average Bonchev–Trinajstić information content (AvgIpc) is 3.62. The van der Waals surface area contributed by atoms with E-state index in [1.165, 1.54) is 18.7 Å². The Morgan fingerprint density at radius 3 is 2.43 bits per heavy atom. The van der Waals surface area contributed by atoms with Crippen molar-refractivity contribution in [2.24, 2.45) is 0 Å². The third-order valence-corrected chi connectivity index (χ3v) is 10.1. The molecule has 0 saturated carbocycles. The van der Waals surface area contributed by atoms with Crippen LogP contribution in [0.25, 0.3) is 16.3 Å². The Morgan fingerprint density at radius 2 is 1.74 bits per heavy atom. The number of rotatable bonds is 5. The summed E-state index contributed by atoms with van der Waals surface area (Å²) < 4.78 is 1.70. The van der Waals surface area contributed by atoms with E-state index in [9.17, 15) is 14.4 Å². The zero-order chi connectivity index (χ0) is 29.4. The average molecular weight is 641 g/mol.